The first-order valence-electron chi connectivity index (χ1n) is 32.1. The van der Waals surface area contributed by atoms with Gasteiger partial charge in [-0.3, -0.25) is 34.5 Å². The maximum absolute atomic E-state index is 15.4. The highest BCUT2D eigenvalue weighted by Gasteiger charge is 2.79. The van der Waals surface area contributed by atoms with E-state index in [1.165, 1.54) is 42.3 Å². The zero-order chi connectivity index (χ0) is 66.4. The molecular formula is C66H86N12O13S2. The molecule has 3 amide bonds. The van der Waals surface area contributed by atoms with Gasteiger partial charge in [0.2, 0.25) is 5.95 Å². The number of nitrogens with zero attached hydrogens (tertiary/aromatic N) is 6. The van der Waals surface area contributed by atoms with Gasteiger partial charge in [0.15, 0.2) is 16.8 Å². The number of hydrogen-bond donors (Lipinski definition) is 10. The summed E-state index contributed by atoms with van der Waals surface area (Å²) in [7, 11) is 9.14. The van der Waals surface area contributed by atoms with Gasteiger partial charge in [-0.1, -0.05) is 66.6 Å². The number of carbonyl (C=O) groups is 5. The number of aromatic amines is 1. The Labute approximate surface area is 547 Å². The van der Waals surface area contributed by atoms with Crippen LogP contribution in [0.1, 0.15) is 123 Å². The van der Waals surface area contributed by atoms with Crippen molar-refractivity contribution < 1.29 is 58.6 Å². The number of aliphatic hydroxyl groups excluding tert-OH is 1. The number of ether oxygens (including phenoxy) is 3. The molecule has 25 nitrogen and oxygen atoms in total. The number of anilines is 3. The second kappa shape index (κ2) is 26.9. The van der Waals surface area contributed by atoms with E-state index in [9.17, 15) is 44.4 Å². The molecule has 2 aromatic heterocycles. The number of fused-ring (bicyclic) bond motifs is 7. The minimum Gasteiger partial charge on any atom is -0.496 e. The van der Waals surface area contributed by atoms with Gasteiger partial charge in [-0.25, -0.2) is 25.0 Å². The summed E-state index contributed by atoms with van der Waals surface area (Å²) in [5.41, 5.74) is 10.1. The van der Waals surface area contributed by atoms with Gasteiger partial charge in [-0.05, 0) is 149 Å². The summed E-state index contributed by atoms with van der Waals surface area (Å²) in [6, 6.07) is 17.1. The fraction of sp³-hybridized carbons (Fsp3) is 0.561. The minimum atomic E-state index is -2.39. The number of H-pyrrole nitrogens is 1. The molecule has 3 aromatic carbocycles. The first-order valence-corrected chi connectivity index (χ1v) is 34.6. The number of aliphatic carboxylic acids is 1. The molecule has 4 saturated heterocycles. The average Bonchev–Trinajstić information content (AvgIpc) is 1.51. The topological polar surface area (TPSA) is 349 Å². The fourth-order valence-electron chi connectivity index (χ4n) is 17.4. The van der Waals surface area contributed by atoms with Crippen molar-refractivity contribution in [3.05, 3.63) is 111 Å². The number of nitrogen functional groups attached to an aromatic ring is 1. The molecule has 500 valence electrons. The lowest BCUT2D eigenvalue weighted by Crippen LogP contribution is -2.82. The Hall–Kier alpha value is -7.27. The molecular weight excluding hydrogens is 1230 g/mol. The largest absolute Gasteiger partial charge is 0.496 e. The SMILES string of the molecule is CCCSSC[C@H](NC(=O)c1ccc(NCc2cnc3nc(N)[nH]c(=O)c3n2)cc1)C(=O)O.CC[C@]1(O)C[C@H]2CN(CCC3c4ccccc4CC3[C@@](C(=O)OC)(c3cc4c(cc3OC)N(C)[C@H]3[C@@](O)(C(=O)NNC(=O)OC)[C@H](O)[C@]5(CC)CCCN6CC[C@]43[C@@H]65)C2)C1. The van der Waals surface area contributed by atoms with E-state index < -0.39 is 75.1 Å². The summed E-state index contributed by atoms with van der Waals surface area (Å²) in [6.07, 6.45) is 5.64. The predicted molar refractivity (Wildman–Crippen MR) is 353 cm³/mol. The summed E-state index contributed by atoms with van der Waals surface area (Å²) >= 11 is 0. The van der Waals surface area contributed by atoms with Gasteiger partial charge in [-0.15, -0.1) is 0 Å². The van der Waals surface area contributed by atoms with Crippen molar-refractivity contribution in [3.63, 3.8) is 0 Å². The Bertz CT molecular complexity index is 3720. The number of carbonyl (C=O) groups excluding carboxylic acids is 4. The van der Waals surface area contributed by atoms with E-state index in [1.54, 1.807) is 42.2 Å². The van der Waals surface area contributed by atoms with Crippen LogP contribution in [0.4, 0.5) is 22.1 Å². The maximum Gasteiger partial charge on any atom is 0.425 e. The number of aliphatic hydroxyl groups is 3. The van der Waals surface area contributed by atoms with E-state index >= 15 is 4.79 Å². The molecule has 12 rings (SSSR count). The molecule has 5 aliphatic heterocycles. The minimum absolute atomic E-state index is 0.0231. The van der Waals surface area contributed by atoms with Crippen LogP contribution in [0, 0.1) is 17.3 Å². The molecule has 7 aliphatic rings. The lowest BCUT2D eigenvalue weighted by molar-refractivity contribution is -0.222. The van der Waals surface area contributed by atoms with Gasteiger partial charge < -0.3 is 60.8 Å². The van der Waals surface area contributed by atoms with Crippen LogP contribution in [0.25, 0.3) is 11.2 Å². The van der Waals surface area contributed by atoms with Gasteiger partial charge >= 0.3 is 18.0 Å². The summed E-state index contributed by atoms with van der Waals surface area (Å²) in [5.74, 6) is -1.31. The molecule has 2 bridgehead atoms. The zero-order valence-corrected chi connectivity index (χ0v) is 55.3. The average molecular weight is 1320 g/mol. The van der Waals surface area contributed by atoms with Crippen LogP contribution in [0.3, 0.4) is 0 Å². The maximum atomic E-state index is 15.4. The van der Waals surface area contributed by atoms with Crippen LogP contribution in [-0.4, -0.2) is 188 Å². The van der Waals surface area contributed by atoms with Gasteiger partial charge in [0, 0.05) is 77.1 Å². The predicted octanol–water partition coefficient (Wildman–Crippen LogP) is 5.01. The summed E-state index contributed by atoms with van der Waals surface area (Å²) in [5, 5.41) is 52.9. The van der Waals surface area contributed by atoms with E-state index in [-0.39, 0.29) is 59.2 Å². The normalized spacial score (nSPS) is 30.0. The zero-order valence-electron chi connectivity index (χ0n) is 53.7. The number of esters is 1. The molecule has 27 heteroatoms. The lowest BCUT2D eigenvalue weighted by atomic mass is 9.46. The van der Waals surface area contributed by atoms with Crippen LogP contribution >= 0.6 is 21.6 Å². The van der Waals surface area contributed by atoms with Crippen molar-refractivity contribution in [2.24, 2.45) is 17.3 Å². The molecule has 13 atom stereocenters. The van der Waals surface area contributed by atoms with Gasteiger partial charge in [-0.2, -0.15) is 4.98 Å². The van der Waals surface area contributed by atoms with Crippen LogP contribution < -0.4 is 42.4 Å². The molecule has 1 saturated carbocycles. The van der Waals surface area contributed by atoms with Crippen molar-refractivity contribution >= 4 is 79.9 Å². The third-order valence-electron chi connectivity index (χ3n) is 21.3. The monoisotopic (exact) mass is 1320 g/mol. The van der Waals surface area contributed by atoms with Crippen LogP contribution in [0.15, 0.2) is 71.7 Å². The Balaban J connectivity index is 0.000000227. The van der Waals surface area contributed by atoms with Crippen molar-refractivity contribution in [3.8, 4) is 5.75 Å². The number of nitrogens with two attached hydrogens (primary N) is 1. The number of hydrazine groups is 1. The quantitative estimate of drug-likeness (QED) is 0.0253. The Kier molecular flexibility index (Phi) is 19.4. The van der Waals surface area contributed by atoms with Crippen molar-refractivity contribution in [2.75, 3.05) is 88.6 Å². The number of carboxylic acid groups (broad SMARTS) is 1. The molecule has 93 heavy (non-hydrogen) atoms. The first kappa shape index (κ1) is 67.2. The van der Waals surface area contributed by atoms with Crippen molar-refractivity contribution in [2.45, 2.75) is 144 Å². The molecule has 5 fully saturated rings. The van der Waals surface area contributed by atoms with E-state index in [0.29, 0.717) is 80.7 Å². The van der Waals surface area contributed by atoms with E-state index in [4.69, 9.17) is 19.9 Å². The number of piperidine rings is 2. The Morgan fingerprint density at radius 3 is 2.39 bits per heavy atom. The summed E-state index contributed by atoms with van der Waals surface area (Å²) in [4.78, 5) is 99.5. The van der Waals surface area contributed by atoms with Crippen LogP contribution in [-0.2, 0) is 47.7 Å². The molecule has 2 aliphatic carbocycles. The van der Waals surface area contributed by atoms with Gasteiger partial charge in [0.25, 0.3) is 17.4 Å². The third-order valence-corrected chi connectivity index (χ3v) is 23.9. The number of nitrogens with one attached hydrogen (secondary N) is 5. The second-order valence-corrected chi connectivity index (χ2v) is 28.8. The number of rotatable bonds is 17. The summed E-state index contributed by atoms with van der Waals surface area (Å²) in [6.45, 7) is 10.0. The van der Waals surface area contributed by atoms with E-state index in [1.807, 2.05) is 38.8 Å². The van der Waals surface area contributed by atoms with E-state index in [2.05, 4.69) is 81.6 Å². The van der Waals surface area contributed by atoms with Gasteiger partial charge in [0.1, 0.15) is 23.3 Å². The number of amides is 3. The lowest BCUT2D eigenvalue weighted by Gasteiger charge is -2.64. The Morgan fingerprint density at radius 2 is 1.68 bits per heavy atom. The molecule has 1 spiro atoms. The molecule has 0 radical (unpaired) electrons. The number of hydrogen-bond acceptors (Lipinski definition) is 22. The first-order chi connectivity index (χ1) is 44.6. The Morgan fingerprint density at radius 1 is 0.903 bits per heavy atom. The fourth-order valence-corrected chi connectivity index (χ4v) is 19.7. The summed E-state index contributed by atoms with van der Waals surface area (Å²) < 4.78 is 17.2. The van der Waals surface area contributed by atoms with Crippen molar-refractivity contribution in [1.82, 2.24) is 45.9 Å². The molecule has 3 unspecified atom stereocenters. The third kappa shape index (κ3) is 11.8. The van der Waals surface area contributed by atoms with Gasteiger partial charge in [0.05, 0.1) is 51.4 Å². The number of benzene rings is 3. The smallest absolute Gasteiger partial charge is 0.425 e. The highest BCUT2D eigenvalue weighted by molar-refractivity contribution is 8.76. The highest BCUT2D eigenvalue weighted by atomic mass is 33.1. The number of likely N-dealkylation sites (N-methyl/N-ethyl adjacent to an activating group) is 1. The van der Waals surface area contributed by atoms with Crippen LogP contribution in [0.5, 0.6) is 5.75 Å². The molecule has 5 aromatic rings. The highest BCUT2D eigenvalue weighted by Crippen LogP contribution is 2.69. The van der Waals surface area contributed by atoms with Crippen molar-refractivity contribution in [1.29, 1.82) is 0 Å². The van der Waals surface area contributed by atoms with Crippen LogP contribution in [0.2, 0.25) is 0 Å². The number of methoxy groups -OCH3 is 3. The van der Waals surface area contributed by atoms with E-state index in [0.717, 1.165) is 61.5 Å². The molecule has 7 heterocycles. The number of aromatic nitrogens is 4. The standard InChI is InChI=1S/C46H63N5O9.C20H23N7O4S2/c1-7-42(56)23-27-24-45(40(54)59-5,31-20-28-12-9-10-13-29(28)30(31)14-18-50(25-27)26-42)33-21-32-34(22-35(33)58-4)49(3)37-44(32)16-19-51-17-11-15-43(8-2,36(44)51)38(52)46(37,57)39(53)47-48-41(55)60-6;1-2-7-32-33-10-14(19(30)31)25-17(28)11-3-5-12(6-4-11)22-8-13-9-23-16-15(24-13)18(29)27-20(21)26-16/h9-10,12-13,21-22,27,30-31,36-38,52,56-57H,7-8,11,14-20,23-26H2,1-6H3,(H,47,53)(H,48,55);3-6,9,14,22H,2,7-8,10H2,1H3,(H,25,28)(H,30,31)(H3,21,23,26,27,29)/t27-,30?,31?,36+,37-,38-,42+,43-,44-,45-,46+;14-/m10/s1. The number of carboxylic acids is 1. The second-order valence-electron chi connectivity index (χ2n) is 26.1. The molecule has 11 N–H and O–H groups in total.